The predicted molar refractivity (Wildman–Crippen MR) is 64.6 cm³/mol. The minimum atomic E-state index is -0.258. The van der Waals surface area contributed by atoms with E-state index < -0.39 is 0 Å². The van der Waals surface area contributed by atoms with Crippen molar-refractivity contribution in [3.63, 3.8) is 0 Å². The third kappa shape index (κ3) is 1.67. The van der Waals surface area contributed by atoms with Gasteiger partial charge in [-0.1, -0.05) is 30.3 Å². The molecule has 0 atom stereocenters. The number of hydrogen-bond acceptors (Lipinski definition) is 2. The molecule has 0 spiro atoms. The van der Waals surface area contributed by atoms with Crippen LogP contribution in [0.1, 0.15) is 16.9 Å². The maximum atomic E-state index is 11.8. The number of hydrogen-bond donors (Lipinski definition) is 0. The lowest BCUT2D eigenvalue weighted by Gasteiger charge is -2.08. The number of benzene rings is 1. The monoisotopic (exact) mass is 214 g/mol. The summed E-state index contributed by atoms with van der Waals surface area (Å²) in [5.41, 5.74) is 3.37. The molecule has 0 aliphatic heterocycles. The molecule has 1 aromatic heterocycles. The summed E-state index contributed by atoms with van der Waals surface area (Å²) in [6.45, 7) is 5.75. The summed E-state index contributed by atoms with van der Waals surface area (Å²) < 4.78 is 5.22. The Morgan fingerprint density at radius 3 is 2.19 bits per heavy atom. The SMILES string of the molecule is Cc1oc(=O)c(-c2ccccc2)c(C)c1C. The standard InChI is InChI=1S/C14H14O2/c1-9-10(2)13(14(15)16-11(9)3)12-7-5-4-6-8-12/h4-8H,1-3H3. The maximum Gasteiger partial charge on any atom is 0.344 e. The highest BCUT2D eigenvalue weighted by molar-refractivity contribution is 5.66. The fraction of sp³-hybridized carbons (Fsp3) is 0.214. The maximum absolute atomic E-state index is 11.8. The molecule has 0 aliphatic carbocycles. The third-order valence-corrected chi connectivity index (χ3v) is 2.98. The molecule has 2 rings (SSSR count). The zero-order valence-corrected chi connectivity index (χ0v) is 9.70. The second kappa shape index (κ2) is 3.97. The molecule has 0 saturated carbocycles. The lowest BCUT2D eigenvalue weighted by Crippen LogP contribution is -2.08. The molecule has 0 unspecified atom stereocenters. The molecular formula is C14H14O2. The van der Waals surface area contributed by atoms with Gasteiger partial charge in [-0.15, -0.1) is 0 Å². The third-order valence-electron chi connectivity index (χ3n) is 2.98. The van der Waals surface area contributed by atoms with Crippen molar-refractivity contribution in [1.29, 1.82) is 0 Å². The van der Waals surface area contributed by atoms with Crippen molar-refractivity contribution in [2.45, 2.75) is 20.8 Å². The van der Waals surface area contributed by atoms with Crippen molar-refractivity contribution in [2.24, 2.45) is 0 Å². The van der Waals surface area contributed by atoms with Gasteiger partial charge in [0.2, 0.25) is 0 Å². The Balaban J connectivity index is 2.76. The zero-order chi connectivity index (χ0) is 11.7. The van der Waals surface area contributed by atoms with Crippen LogP contribution in [-0.4, -0.2) is 0 Å². The van der Waals surface area contributed by atoms with E-state index in [2.05, 4.69) is 0 Å². The Hall–Kier alpha value is -1.83. The molecule has 1 heterocycles. The Labute approximate surface area is 94.5 Å². The molecule has 0 aliphatic rings. The van der Waals surface area contributed by atoms with Gasteiger partial charge in [0.05, 0.1) is 5.56 Å². The van der Waals surface area contributed by atoms with Crippen LogP contribution in [-0.2, 0) is 0 Å². The van der Waals surface area contributed by atoms with E-state index in [1.165, 1.54) is 0 Å². The van der Waals surface area contributed by atoms with Crippen LogP contribution in [0.25, 0.3) is 11.1 Å². The normalized spacial score (nSPS) is 10.4. The Morgan fingerprint density at radius 1 is 0.938 bits per heavy atom. The molecule has 0 N–H and O–H groups in total. The van der Waals surface area contributed by atoms with E-state index in [0.29, 0.717) is 11.3 Å². The van der Waals surface area contributed by atoms with E-state index in [4.69, 9.17) is 4.42 Å². The van der Waals surface area contributed by atoms with Gasteiger partial charge in [-0.3, -0.25) is 0 Å². The van der Waals surface area contributed by atoms with Crippen LogP contribution in [0.4, 0.5) is 0 Å². The first-order valence-corrected chi connectivity index (χ1v) is 5.27. The topological polar surface area (TPSA) is 30.2 Å². The minimum Gasteiger partial charge on any atom is -0.427 e. The van der Waals surface area contributed by atoms with Crippen LogP contribution < -0.4 is 5.63 Å². The molecule has 16 heavy (non-hydrogen) atoms. The molecule has 2 heteroatoms. The van der Waals surface area contributed by atoms with Crippen LogP contribution in [0.3, 0.4) is 0 Å². The van der Waals surface area contributed by atoms with Crippen LogP contribution in [0.15, 0.2) is 39.5 Å². The summed E-state index contributed by atoms with van der Waals surface area (Å²) in [5, 5.41) is 0. The van der Waals surface area contributed by atoms with Crippen molar-refractivity contribution in [2.75, 3.05) is 0 Å². The molecule has 0 bridgehead atoms. The molecule has 82 valence electrons. The van der Waals surface area contributed by atoms with Crippen molar-refractivity contribution in [3.8, 4) is 11.1 Å². The summed E-state index contributed by atoms with van der Waals surface area (Å²) in [6, 6.07) is 9.62. The van der Waals surface area contributed by atoms with Gasteiger partial charge in [0.1, 0.15) is 5.76 Å². The Morgan fingerprint density at radius 2 is 1.56 bits per heavy atom. The summed E-state index contributed by atoms with van der Waals surface area (Å²) in [7, 11) is 0. The van der Waals surface area contributed by atoms with E-state index in [9.17, 15) is 4.79 Å². The summed E-state index contributed by atoms with van der Waals surface area (Å²) in [4.78, 5) is 11.8. The van der Waals surface area contributed by atoms with E-state index >= 15 is 0 Å². The average molecular weight is 214 g/mol. The lowest BCUT2D eigenvalue weighted by molar-refractivity contribution is 0.476. The number of aryl methyl sites for hydroxylation is 1. The van der Waals surface area contributed by atoms with Crippen LogP contribution in [0.2, 0.25) is 0 Å². The molecule has 2 nitrogen and oxygen atoms in total. The van der Waals surface area contributed by atoms with E-state index in [0.717, 1.165) is 16.7 Å². The fourth-order valence-corrected chi connectivity index (χ4v) is 1.81. The summed E-state index contributed by atoms with van der Waals surface area (Å²) in [5.74, 6) is 0.696. The smallest absolute Gasteiger partial charge is 0.344 e. The van der Waals surface area contributed by atoms with E-state index in [1.54, 1.807) is 0 Å². The average Bonchev–Trinajstić information content (AvgIpc) is 2.28. The molecular weight excluding hydrogens is 200 g/mol. The van der Waals surface area contributed by atoms with Gasteiger partial charge in [0.15, 0.2) is 0 Å². The number of rotatable bonds is 1. The highest BCUT2D eigenvalue weighted by Crippen LogP contribution is 2.23. The van der Waals surface area contributed by atoms with Gasteiger partial charge < -0.3 is 4.42 Å². The highest BCUT2D eigenvalue weighted by Gasteiger charge is 2.12. The second-order valence-corrected chi connectivity index (χ2v) is 3.94. The van der Waals surface area contributed by atoms with Crippen molar-refractivity contribution in [3.05, 3.63) is 57.6 Å². The van der Waals surface area contributed by atoms with E-state index in [1.807, 2.05) is 51.1 Å². The van der Waals surface area contributed by atoms with Crippen LogP contribution in [0.5, 0.6) is 0 Å². The molecule has 0 saturated heterocycles. The summed E-state index contributed by atoms with van der Waals surface area (Å²) in [6.07, 6.45) is 0. The first-order chi connectivity index (χ1) is 7.61. The second-order valence-electron chi connectivity index (χ2n) is 3.94. The van der Waals surface area contributed by atoms with Gasteiger partial charge in [-0.25, -0.2) is 4.79 Å². The Bertz CT molecular complexity index is 565. The highest BCUT2D eigenvalue weighted by atomic mass is 16.4. The molecule has 0 fully saturated rings. The molecule has 0 radical (unpaired) electrons. The van der Waals surface area contributed by atoms with E-state index in [-0.39, 0.29) is 5.63 Å². The van der Waals surface area contributed by atoms with Gasteiger partial charge in [0, 0.05) is 0 Å². The molecule has 1 aromatic carbocycles. The largest absolute Gasteiger partial charge is 0.427 e. The van der Waals surface area contributed by atoms with Gasteiger partial charge >= 0.3 is 5.63 Å². The lowest BCUT2D eigenvalue weighted by atomic mass is 9.99. The fourth-order valence-electron chi connectivity index (χ4n) is 1.81. The van der Waals surface area contributed by atoms with Crippen molar-refractivity contribution >= 4 is 0 Å². The summed E-state index contributed by atoms with van der Waals surface area (Å²) >= 11 is 0. The predicted octanol–water partition coefficient (Wildman–Crippen LogP) is 3.23. The van der Waals surface area contributed by atoms with Crippen LogP contribution in [0, 0.1) is 20.8 Å². The van der Waals surface area contributed by atoms with Gasteiger partial charge in [-0.2, -0.15) is 0 Å². The Kier molecular flexibility index (Phi) is 2.65. The van der Waals surface area contributed by atoms with Gasteiger partial charge in [0.25, 0.3) is 0 Å². The molecule has 2 aromatic rings. The zero-order valence-electron chi connectivity index (χ0n) is 9.70. The van der Waals surface area contributed by atoms with Gasteiger partial charge in [-0.05, 0) is 37.5 Å². The quantitative estimate of drug-likeness (QED) is 0.729. The molecule has 0 amide bonds. The van der Waals surface area contributed by atoms with Crippen molar-refractivity contribution < 1.29 is 4.42 Å². The minimum absolute atomic E-state index is 0.258. The first kappa shape index (κ1) is 10.7. The van der Waals surface area contributed by atoms with Crippen LogP contribution >= 0.6 is 0 Å². The first-order valence-electron chi connectivity index (χ1n) is 5.27. The van der Waals surface area contributed by atoms with Crippen molar-refractivity contribution in [1.82, 2.24) is 0 Å².